The molecule has 6 nitrogen and oxygen atoms in total. The highest BCUT2D eigenvalue weighted by molar-refractivity contribution is 5.94. The number of carbonyl (C=O) groups is 1. The van der Waals surface area contributed by atoms with Crippen molar-refractivity contribution in [2.75, 3.05) is 5.32 Å². The van der Waals surface area contributed by atoms with Crippen LogP contribution in [0.25, 0.3) is 0 Å². The molecule has 3 aromatic rings. The first-order valence-electron chi connectivity index (χ1n) is 8.40. The molecular weight excluding hydrogens is 330 g/mol. The van der Waals surface area contributed by atoms with E-state index < -0.39 is 0 Å². The van der Waals surface area contributed by atoms with E-state index >= 15 is 0 Å². The monoisotopic (exact) mass is 351 g/mol. The van der Waals surface area contributed by atoms with Gasteiger partial charge in [-0.25, -0.2) is 0 Å². The fraction of sp³-hybridized carbons (Fsp3) is 0.200. The lowest BCUT2D eigenvalue weighted by Gasteiger charge is -2.15. The SMILES string of the molecule is CC(C)Oc1ccccc1Nc1cncc(C(=O)NCc2ccco2)c1. The van der Waals surface area contributed by atoms with Gasteiger partial charge in [0, 0.05) is 6.20 Å². The zero-order valence-electron chi connectivity index (χ0n) is 14.7. The van der Waals surface area contributed by atoms with Crippen LogP contribution >= 0.6 is 0 Å². The minimum Gasteiger partial charge on any atom is -0.489 e. The number of nitrogens with zero attached hydrogens (tertiary/aromatic N) is 1. The second kappa shape index (κ2) is 8.20. The topological polar surface area (TPSA) is 76.4 Å². The number of ether oxygens (including phenoxy) is 1. The summed E-state index contributed by atoms with van der Waals surface area (Å²) in [5, 5.41) is 6.06. The number of rotatable bonds is 7. The molecule has 1 aromatic carbocycles. The van der Waals surface area contributed by atoms with Crippen LogP contribution in [0.5, 0.6) is 5.75 Å². The molecule has 0 aliphatic heterocycles. The second-order valence-electron chi connectivity index (χ2n) is 6.01. The highest BCUT2D eigenvalue weighted by Crippen LogP contribution is 2.28. The second-order valence-corrected chi connectivity index (χ2v) is 6.01. The normalized spacial score (nSPS) is 10.6. The van der Waals surface area contributed by atoms with Gasteiger partial charge in [-0.15, -0.1) is 0 Å². The van der Waals surface area contributed by atoms with Crippen LogP contribution in [0.3, 0.4) is 0 Å². The standard InChI is InChI=1S/C20H21N3O3/c1-14(2)26-19-8-4-3-7-18(19)23-16-10-15(11-21-12-16)20(24)22-13-17-6-5-9-25-17/h3-12,14,23H,13H2,1-2H3,(H,22,24). The summed E-state index contributed by atoms with van der Waals surface area (Å²) in [6.45, 7) is 4.28. The van der Waals surface area contributed by atoms with Crippen molar-refractivity contribution in [1.82, 2.24) is 10.3 Å². The molecule has 26 heavy (non-hydrogen) atoms. The Morgan fingerprint density at radius 3 is 2.81 bits per heavy atom. The van der Waals surface area contributed by atoms with Gasteiger partial charge in [0.05, 0.1) is 42.0 Å². The third-order valence-electron chi connectivity index (χ3n) is 3.53. The molecular formula is C20H21N3O3. The average Bonchev–Trinajstić information content (AvgIpc) is 3.15. The first-order valence-corrected chi connectivity index (χ1v) is 8.40. The van der Waals surface area contributed by atoms with Crippen molar-refractivity contribution in [3.8, 4) is 5.75 Å². The Labute approximate surface area is 152 Å². The molecule has 3 rings (SSSR count). The van der Waals surface area contributed by atoms with E-state index in [1.54, 1.807) is 24.6 Å². The van der Waals surface area contributed by atoms with E-state index in [2.05, 4.69) is 15.6 Å². The van der Waals surface area contributed by atoms with Crippen LogP contribution in [0.4, 0.5) is 11.4 Å². The number of anilines is 2. The molecule has 0 bridgehead atoms. The van der Waals surface area contributed by atoms with Gasteiger partial charge in [-0.1, -0.05) is 12.1 Å². The molecule has 1 amide bonds. The summed E-state index contributed by atoms with van der Waals surface area (Å²) in [4.78, 5) is 16.5. The number of pyridine rings is 1. The summed E-state index contributed by atoms with van der Waals surface area (Å²) in [7, 11) is 0. The van der Waals surface area contributed by atoms with Gasteiger partial charge >= 0.3 is 0 Å². The maximum atomic E-state index is 12.3. The molecule has 134 valence electrons. The summed E-state index contributed by atoms with van der Waals surface area (Å²) in [6, 6.07) is 13.0. The number of hydrogen-bond donors (Lipinski definition) is 2. The number of aromatic nitrogens is 1. The molecule has 0 unspecified atom stereocenters. The van der Waals surface area contributed by atoms with Crippen LogP contribution in [0.2, 0.25) is 0 Å². The van der Waals surface area contributed by atoms with Gasteiger partial charge in [0.2, 0.25) is 0 Å². The predicted octanol–water partition coefficient (Wildman–Crippen LogP) is 4.14. The van der Waals surface area contributed by atoms with Crippen molar-refractivity contribution in [2.24, 2.45) is 0 Å². The zero-order valence-corrected chi connectivity index (χ0v) is 14.7. The third-order valence-corrected chi connectivity index (χ3v) is 3.53. The molecule has 0 saturated carbocycles. The van der Waals surface area contributed by atoms with E-state index in [0.29, 0.717) is 23.6 Å². The fourth-order valence-corrected chi connectivity index (χ4v) is 2.40. The van der Waals surface area contributed by atoms with Gasteiger partial charge in [0.25, 0.3) is 5.91 Å². The molecule has 0 fully saturated rings. The number of hydrogen-bond acceptors (Lipinski definition) is 5. The minimum absolute atomic E-state index is 0.0646. The number of benzene rings is 1. The van der Waals surface area contributed by atoms with Crippen LogP contribution in [-0.4, -0.2) is 17.0 Å². The van der Waals surface area contributed by atoms with Crippen molar-refractivity contribution in [3.05, 3.63) is 72.4 Å². The van der Waals surface area contributed by atoms with Crippen molar-refractivity contribution in [3.63, 3.8) is 0 Å². The first kappa shape index (κ1) is 17.5. The third kappa shape index (κ3) is 4.63. The van der Waals surface area contributed by atoms with Gasteiger partial charge in [0.1, 0.15) is 11.5 Å². The maximum Gasteiger partial charge on any atom is 0.253 e. The Morgan fingerprint density at radius 2 is 2.04 bits per heavy atom. The van der Waals surface area contributed by atoms with E-state index in [-0.39, 0.29) is 12.0 Å². The van der Waals surface area contributed by atoms with E-state index in [0.717, 1.165) is 11.4 Å². The van der Waals surface area contributed by atoms with E-state index in [9.17, 15) is 4.79 Å². The van der Waals surface area contributed by atoms with E-state index in [1.807, 2.05) is 44.2 Å². The van der Waals surface area contributed by atoms with Crippen LogP contribution in [0.1, 0.15) is 30.0 Å². The quantitative estimate of drug-likeness (QED) is 0.669. The Kier molecular flexibility index (Phi) is 5.53. The Hall–Kier alpha value is -3.28. The Morgan fingerprint density at radius 1 is 1.19 bits per heavy atom. The number of para-hydroxylation sites is 2. The smallest absolute Gasteiger partial charge is 0.253 e. The van der Waals surface area contributed by atoms with Crippen molar-refractivity contribution in [2.45, 2.75) is 26.5 Å². The molecule has 0 atom stereocenters. The summed E-state index contributed by atoms with van der Waals surface area (Å²) in [5.74, 6) is 1.22. The zero-order chi connectivity index (χ0) is 18.4. The molecule has 0 aliphatic rings. The lowest BCUT2D eigenvalue weighted by Crippen LogP contribution is -2.22. The highest BCUT2D eigenvalue weighted by Gasteiger charge is 2.10. The van der Waals surface area contributed by atoms with Crippen molar-refractivity contribution in [1.29, 1.82) is 0 Å². The van der Waals surface area contributed by atoms with E-state index in [4.69, 9.17) is 9.15 Å². The van der Waals surface area contributed by atoms with Crippen LogP contribution in [-0.2, 0) is 6.54 Å². The van der Waals surface area contributed by atoms with Gasteiger partial charge in [-0.3, -0.25) is 9.78 Å². The highest BCUT2D eigenvalue weighted by atomic mass is 16.5. The van der Waals surface area contributed by atoms with Crippen LogP contribution in [0.15, 0.2) is 65.5 Å². The maximum absolute atomic E-state index is 12.3. The average molecular weight is 351 g/mol. The number of furan rings is 1. The predicted molar refractivity (Wildman–Crippen MR) is 99.6 cm³/mol. The van der Waals surface area contributed by atoms with Crippen molar-refractivity contribution < 1.29 is 13.9 Å². The van der Waals surface area contributed by atoms with Crippen LogP contribution in [0, 0.1) is 0 Å². The van der Waals surface area contributed by atoms with Crippen molar-refractivity contribution >= 4 is 17.3 Å². The fourth-order valence-electron chi connectivity index (χ4n) is 2.40. The summed E-state index contributed by atoms with van der Waals surface area (Å²) >= 11 is 0. The molecule has 0 radical (unpaired) electrons. The molecule has 0 aliphatic carbocycles. The Balaban J connectivity index is 1.70. The molecule has 2 heterocycles. The van der Waals surface area contributed by atoms with Gasteiger partial charge in [-0.05, 0) is 44.2 Å². The lowest BCUT2D eigenvalue weighted by molar-refractivity contribution is 0.0947. The number of nitrogens with one attached hydrogen (secondary N) is 2. The first-order chi connectivity index (χ1) is 12.6. The van der Waals surface area contributed by atoms with Crippen LogP contribution < -0.4 is 15.4 Å². The largest absolute Gasteiger partial charge is 0.489 e. The Bertz CT molecular complexity index is 860. The lowest BCUT2D eigenvalue weighted by atomic mass is 10.2. The van der Waals surface area contributed by atoms with Gasteiger partial charge in [-0.2, -0.15) is 0 Å². The summed E-state index contributed by atoms with van der Waals surface area (Å²) in [5.41, 5.74) is 1.98. The van der Waals surface area contributed by atoms with Gasteiger partial charge in [0.15, 0.2) is 0 Å². The molecule has 0 spiro atoms. The summed E-state index contributed by atoms with van der Waals surface area (Å²) < 4.78 is 11.0. The molecule has 6 heteroatoms. The molecule has 0 saturated heterocycles. The van der Waals surface area contributed by atoms with E-state index in [1.165, 1.54) is 6.20 Å². The molecule has 2 aromatic heterocycles. The minimum atomic E-state index is -0.218. The number of amides is 1. The number of carbonyl (C=O) groups excluding carboxylic acids is 1. The summed E-state index contributed by atoms with van der Waals surface area (Å²) in [6.07, 6.45) is 4.83. The van der Waals surface area contributed by atoms with Gasteiger partial charge < -0.3 is 19.8 Å². The molecule has 2 N–H and O–H groups in total.